The van der Waals surface area contributed by atoms with E-state index in [1.165, 1.54) is 0 Å². The molecule has 1 saturated heterocycles. The van der Waals surface area contributed by atoms with E-state index in [-0.39, 0.29) is 0 Å². The first kappa shape index (κ1) is 12.9. The number of nitrogens with one attached hydrogen (secondary N) is 1. The van der Waals surface area contributed by atoms with Crippen molar-refractivity contribution in [2.24, 2.45) is 0 Å². The number of aliphatic carboxylic acids is 1. The summed E-state index contributed by atoms with van der Waals surface area (Å²) in [5, 5.41) is 16.9. The van der Waals surface area contributed by atoms with Crippen LogP contribution in [0.4, 0.5) is 0 Å². The molecule has 2 aromatic rings. The third kappa shape index (κ3) is 2.32. The number of aromatic nitrogens is 2. The lowest BCUT2D eigenvalue weighted by Gasteiger charge is -2.23. The van der Waals surface area contributed by atoms with Crippen molar-refractivity contribution in [3.05, 3.63) is 48.3 Å². The van der Waals surface area contributed by atoms with E-state index >= 15 is 0 Å². The number of carboxylic acids is 1. The molecule has 1 aliphatic rings. The molecule has 1 fully saturated rings. The molecule has 0 bridgehead atoms. The molecule has 1 aromatic heterocycles. The van der Waals surface area contributed by atoms with E-state index in [0.29, 0.717) is 12.8 Å². The van der Waals surface area contributed by atoms with Gasteiger partial charge in [-0.25, -0.2) is 4.68 Å². The molecular weight excluding hydrogens is 254 g/mol. The van der Waals surface area contributed by atoms with Gasteiger partial charge in [-0.2, -0.15) is 5.10 Å². The summed E-state index contributed by atoms with van der Waals surface area (Å²) in [5.41, 5.74) is 1.08. The highest BCUT2D eigenvalue weighted by Gasteiger charge is 2.41. The number of hydrogen-bond donors (Lipinski definition) is 2. The van der Waals surface area contributed by atoms with Crippen LogP contribution < -0.4 is 5.32 Å². The smallest absolute Gasteiger partial charge is 0.324 e. The second-order valence-electron chi connectivity index (χ2n) is 5.22. The summed E-state index contributed by atoms with van der Waals surface area (Å²) in [6.45, 7) is 0.763. The summed E-state index contributed by atoms with van der Waals surface area (Å²) in [4.78, 5) is 11.5. The Morgan fingerprint density at radius 1 is 1.40 bits per heavy atom. The predicted molar refractivity (Wildman–Crippen MR) is 74.9 cm³/mol. The molecule has 20 heavy (non-hydrogen) atoms. The van der Waals surface area contributed by atoms with Crippen molar-refractivity contribution in [3.63, 3.8) is 0 Å². The highest BCUT2D eigenvalue weighted by molar-refractivity contribution is 5.79. The SMILES string of the molecule is O=C(O)C1(Cc2cnn(-c3ccccc3)c2)CCCN1. The van der Waals surface area contributed by atoms with Crippen molar-refractivity contribution in [1.82, 2.24) is 15.1 Å². The molecule has 3 rings (SSSR count). The maximum Gasteiger partial charge on any atom is 0.324 e. The summed E-state index contributed by atoms with van der Waals surface area (Å²) in [5.74, 6) is -0.775. The minimum atomic E-state index is -0.829. The lowest BCUT2D eigenvalue weighted by Crippen LogP contribution is -2.49. The van der Waals surface area contributed by atoms with E-state index < -0.39 is 11.5 Å². The number of nitrogens with zero attached hydrogens (tertiary/aromatic N) is 2. The van der Waals surface area contributed by atoms with Crippen LogP contribution in [0.25, 0.3) is 5.69 Å². The van der Waals surface area contributed by atoms with E-state index in [4.69, 9.17) is 0 Å². The van der Waals surface area contributed by atoms with E-state index in [2.05, 4.69) is 10.4 Å². The third-order valence-electron chi connectivity index (χ3n) is 3.82. The molecule has 2 N–H and O–H groups in total. The monoisotopic (exact) mass is 271 g/mol. The first-order valence-corrected chi connectivity index (χ1v) is 6.77. The number of carbonyl (C=O) groups is 1. The van der Waals surface area contributed by atoms with Gasteiger partial charge in [0.25, 0.3) is 0 Å². The molecule has 104 valence electrons. The Labute approximate surface area is 117 Å². The topological polar surface area (TPSA) is 67.1 Å². The molecular formula is C15H17N3O2. The predicted octanol–water partition coefficient (Wildman–Crippen LogP) is 1.62. The lowest BCUT2D eigenvalue weighted by molar-refractivity contribution is -0.144. The minimum absolute atomic E-state index is 0.467. The Hall–Kier alpha value is -2.14. The Kier molecular flexibility index (Phi) is 3.28. The fourth-order valence-corrected chi connectivity index (χ4v) is 2.74. The second kappa shape index (κ2) is 5.09. The van der Waals surface area contributed by atoms with Gasteiger partial charge < -0.3 is 10.4 Å². The van der Waals surface area contributed by atoms with Gasteiger partial charge in [-0.1, -0.05) is 18.2 Å². The van der Waals surface area contributed by atoms with E-state index in [9.17, 15) is 9.90 Å². The van der Waals surface area contributed by atoms with Crippen LogP contribution in [0.5, 0.6) is 0 Å². The second-order valence-corrected chi connectivity index (χ2v) is 5.22. The summed E-state index contributed by atoms with van der Waals surface area (Å²) >= 11 is 0. The van der Waals surface area contributed by atoms with Gasteiger partial charge in [0.1, 0.15) is 5.54 Å². The van der Waals surface area contributed by atoms with Gasteiger partial charge in [0.2, 0.25) is 0 Å². The van der Waals surface area contributed by atoms with Crippen LogP contribution in [0.2, 0.25) is 0 Å². The zero-order valence-corrected chi connectivity index (χ0v) is 11.1. The number of rotatable bonds is 4. The van der Waals surface area contributed by atoms with E-state index in [0.717, 1.165) is 24.2 Å². The van der Waals surface area contributed by atoms with E-state index in [1.54, 1.807) is 10.9 Å². The average Bonchev–Trinajstić information content (AvgIpc) is 3.10. The van der Waals surface area contributed by atoms with Gasteiger partial charge in [-0.05, 0) is 37.1 Å². The van der Waals surface area contributed by atoms with Gasteiger partial charge in [-0.3, -0.25) is 4.79 Å². The summed E-state index contributed by atoms with van der Waals surface area (Å²) in [6, 6.07) is 9.80. The van der Waals surface area contributed by atoms with Crippen LogP contribution in [0.1, 0.15) is 18.4 Å². The van der Waals surface area contributed by atoms with Crippen LogP contribution in [0.3, 0.4) is 0 Å². The van der Waals surface area contributed by atoms with Crippen molar-refractivity contribution < 1.29 is 9.90 Å². The molecule has 1 unspecified atom stereocenters. The molecule has 0 aliphatic carbocycles. The molecule has 5 heteroatoms. The third-order valence-corrected chi connectivity index (χ3v) is 3.82. The molecule has 0 spiro atoms. The minimum Gasteiger partial charge on any atom is -0.480 e. The van der Waals surface area contributed by atoms with Crippen molar-refractivity contribution in [2.45, 2.75) is 24.8 Å². The zero-order valence-electron chi connectivity index (χ0n) is 11.1. The Morgan fingerprint density at radius 2 is 2.20 bits per heavy atom. The molecule has 1 aliphatic heterocycles. The normalized spacial score (nSPS) is 22.0. The van der Waals surface area contributed by atoms with Gasteiger partial charge in [0.05, 0.1) is 11.9 Å². The number of benzene rings is 1. The van der Waals surface area contributed by atoms with Crippen LogP contribution in [-0.2, 0) is 11.2 Å². The molecule has 2 heterocycles. The van der Waals surface area contributed by atoms with Crippen molar-refractivity contribution in [1.29, 1.82) is 0 Å². The Morgan fingerprint density at radius 3 is 2.85 bits per heavy atom. The first-order valence-electron chi connectivity index (χ1n) is 6.77. The van der Waals surface area contributed by atoms with E-state index in [1.807, 2.05) is 36.5 Å². The highest BCUT2D eigenvalue weighted by Crippen LogP contribution is 2.24. The number of hydrogen-bond acceptors (Lipinski definition) is 3. The molecule has 0 radical (unpaired) electrons. The number of para-hydroxylation sites is 1. The summed E-state index contributed by atoms with van der Waals surface area (Å²) < 4.78 is 1.78. The van der Waals surface area contributed by atoms with Gasteiger partial charge in [0.15, 0.2) is 0 Å². The maximum absolute atomic E-state index is 11.5. The van der Waals surface area contributed by atoms with Crippen LogP contribution in [0.15, 0.2) is 42.7 Å². The first-order chi connectivity index (χ1) is 9.70. The molecule has 5 nitrogen and oxygen atoms in total. The van der Waals surface area contributed by atoms with Crippen molar-refractivity contribution in [2.75, 3.05) is 6.54 Å². The quantitative estimate of drug-likeness (QED) is 0.886. The standard InChI is InChI=1S/C15H17N3O2/c19-14(20)15(7-4-8-16-15)9-12-10-17-18(11-12)13-5-2-1-3-6-13/h1-3,5-6,10-11,16H,4,7-9H2,(H,19,20). The summed E-state index contributed by atoms with van der Waals surface area (Å²) in [6.07, 6.45) is 5.69. The fraction of sp³-hybridized carbons (Fsp3) is 0.333. The molecule has 0 saturated carbocycles. The molecule has 1 aromatic carbocycles. The van der Waals surface area contributed by atoms with Gasteiger partial charge >= 0.3 is 5.97 Å². The molecule has 0 amide bonds. The number of carboxylic acid groups (broad SMARTS) is 1. The van der Waals surface area contributed by atoms with Crippen molar-refractivity contribution >= 4 is 5.97 Å². The Balaban J connectivity index is 1.82. The zero-order chi connectivity index (χ0) is 14.0. The fourth-order valence-electron chi connectivity index (χ4n) is 2.74. The van der Waals surface area contributed by atoms with Crippen LogP contribution in [-0.4, -0.2) is 32.9 Å². The van der Waals surface area contributed by atoms with Crippen molar-refractivity contribution in [3.8, 4) is 5.69 Å². The summed E-state index contributed by atoms with van der Waals surface area (Å²) in [7, 11) is 0. The van der Waals surface area contributed by atoms with Gasteiger partial charge in [0, 0.05) is 12.6 Å². The average molecular weight is 271 g/mol. The molecule has 1 atom stereocenters. The highest BCUT2D eigenvalue weighted by atomic mass is 16.4. The van der Waals surface area contributed by atoms with Crippen LogP contribution >= 0.6 is 0 Å². The van der Waals surface area contributed by atoms with Gasteiger partial charge in [-0.15, -0.1) is 0 Å². The Bertz CT molecular complexity index is 601. The van der Waals surface area contributed by atoms with Crippen LogP contribution in [0, 0.1) is 0 Å². The maximum atomic E-state index is 11.5. The lowest BCUT2D eigenvalue weighted by atomic mass is 9.91. The largest absolute Gasteiger partial charge is 0.480 e.